The van der Waals surface area contributed by atoms with E-state index < -0.39 is 18.2 Å². The normalized spacial score (nSPS) is 22.8. The predicted molar refractivity (Wildman–Crippen MR) is 63.4 cm³/mol. The SMILES string of the molecule is O=[C][C@@H]1C[C@@H](O)CN1C(=O)OCc1ccccc1. The van der Waals surface area contributed by atoms with Crippen LogP contribution in [0.5, 0.6) is 0 Å². The molecular formula is C13H14NO4. The summed E-state index contributed by atoms with van der Waals surface area (Å²) in [5, 5.41) is 9.41. The summed E-state index contributed by atoms with van der Waals surface area (Å²) in [6, 6.07) is 8.56. The number of hydrogen-bond donors (Lipinski definition) is 1. The highest BCUT2D eigenvalue weighted by atomic mass is 16.6. The van der Waals surface area contributed by atoms with Crippen molar-refractivity contribution in [2.45, 2.75) is 25.2 Å². The van der Waals surface area contributed by atoms with Gasteiger partial charge < -0.3 is 9.84 Å². The first-order valence-electron chi connectivity index (χ1n) is 5.73. The molecule has 1 radical (unpaired) electrons. The number of hydrogen-bond acceptors (Lipinski definition) is 4. The van der Waals surface area contributed by atoms with Crippen LogP contribution in [0.2, 0.25) is 0 Å². The molecule has 0 spiro atoms. The van der Waals surface area contributed by atoms with E-state index in [1.54, 1.807) is 6.29 Å². The summed E-state index contributed by atoms with van der Waals surface area (Å²) < 4.78 is 5.09. The van der Waals surface area contributed by atoms with Crippen molar-refractivity contribution in [2.24, 2.45) is 0 Å². The number of amides is 1. The molecule has 1 heterocycles. The minimum Gasteiger partial charge on any atom is -0.445 e. The first kappa shape index (κ1) is 12.6. The molecule has 2 rings (SSSR count). The van der Waals surface area contributed by atoms with E-state index in [0.29, 0.717) is 0 Å². The van der Waals surface area contributed by atoms with Crippen LogP contribution in [0.25, 0.3) is 0 Å². The largest absolute Gasteiger partial charge is 0.445 e. The van der Waals surface area contributed by atoms with E-state index in [-0.39, 0.29) is 19.6 Å². The topological polar surface area (TPSA) is 66.8 Å². The zero-order valence-electron chi connectivity index (χ0n) is 9.78. The Morgan fingerprint density at radius 2 is 2.17 bits per heavy atom. The van der Waals surface area contributed by atoms with Gasteiger partial charge in [-0.15, -0.1) is 0 Å². The fourth-order valence-electron chi connectivity index (χ4n) is 1.93. The van der Waals surface area contributed by atoms with Gasteiger partial charge in [0.05, 0.1) is 12.6 Å². The fraction of sp³-hybridized carbons (Fsp3) is 0.385. The summed E-state index contributed by atoms with van der Waals surface area (Å²) in [6.07, 6.45) is 0.691. The van der Waals surface area contributed by atoms with Gasteiger partial charge >= 0.3 is 6.09 Å². The third kappa shape index (κ3) is 2.87. The minimum atomic E-state index is -0.705. The predicted octanol–water partition coefficient (Wildman–Crippen LogP) is 0.868. The molecule has 95 valence electrons. The van der Waals surface area contributed by atoms with Gasteiger partial charge in [0.1, 0.15) is 12.6 Å². The molecule has 5 nitrogen and oxygen atoms in total. The zero-order chi connectivity index (χ0) is 13.0. The molecule has 1 aromatic carbocycles. The van der Waals surface area contributed by atoms with E-state index in [9.17, 15) is 14.7 Å². The number of ether oxygens (including phenoxy) is 1. The molecule has 1 aromatic rings. The number of carbonyl (C=O) groups is 1. The van der Waals surface area contributed by atoms with Gasteiger partial charge in [-0.25, -0.2) is 4.79 Å². The molecular weight excluding hydrogens is 234 g/mol. The van der Waals surface area contributed by atoms with Crippen LogP contribution < -0.4 is 0 Å². The molecule has 0 aromatic heterocycles. The quantitative estimate of drug-likeness (QED) is 0.861. The lowest BCUT2D eigenvalue weighted by Gasteiger charge is -2.19. The Hall–Kier alpha value is -1.88. The van der Waals surface area contributed by atoms with Crippen LogP contribution in [0, 0.1) is 0 Å². The third-order valence-corrected chi connectivity index (χ3v) is 2.85. The van der Waals surface area contributed by atoms with Gasteiger partial charge in [-0.3, -0.25) is 9.69 Å². The lowest BCUT2D eigenvalue weighted by atomic mass is 10.2. The van der Waals surface area contributed by atoms with Crippen molar-refractivity contribution in [3.8, 4) is 0 Å². The van der Waals surface area contributed by atoms with Crippen LogP contribution in [0.4, 0.5) is 4.79 Å². The molecule has 18 heavy (non-hydrogen) atoms. The number of rotatable bonds is 3. The standard InChI is InChI=1S/C13H14NO4/c15-8-11-6-12(16)7-14(11)13(17)18-9-10-4-2-1-3-5-10/h1-5,11-12,16H,6-7,9H2/t11-,12+/m0/s1. The average molecular weight is 248 g/mol. The second kappa shape index (κ2) is 5.64. The second-order valence-corrected chi connectivity index (χ2v) is 4.22. The second-order valence-electron chi connectivity index (χ2n) is 4.22. The van der Waals surface area contributed by atoms with Crippen LogP contribution in [-0.4, -0.2) is 41.1 Å². The van der Waals surface area contributed by atoms with Crippen LogP contribution >= 0.6 is 0 Å². The van der Waals surface area contributed by atoms with Gasteiger partial charge in [0.2, 0.25) is 6.29 Å². The van der Waals surface area contributed by atoms with Crippen molar-refractivity contribution in [3.05, 3.63) is 35.9 Å². The zero-order valence-corrected chi connectivity index (χ0v) is 9.78. The smallest absolute Gasteiger partial charge is 0.410 e. The summed E-state index contributed by atoms with van der Waals surface area (Å²) in [5.41, 5.74) is 0.872. The Kier molecular flexibility index (Phi) is 3.94. The van der Waals surface area contributed by atoms with Gasteiger partial charge in [-0.1, -0.05) is 30.3 Å². The molecule has 1 amide bonds. The van der Waals surface area contributed by atoms with E-state index in [0.717, 1.165) is 5.56 Å². The van der Waals surface area contributed by atoms with Crippen molar-refractivity contribution in [2.75, 3.05) is 6.54 Å². The number of aliphatic hydroxyl groups is 1. The van der Waals surface area contributed by atoms with Gasteiger partial charge in [-0.2, -0.15) is 0 Å². The highest BCUT2D eigenvalue weighted by Crippen LogP contribution is 2.17. The summed E-state index contributed by atoms with van der Waals surface area (Å²) in [5.74, 6) is 0. The molecule has 0 unspecified atom stereocenters. The molecule has 1 N–H and O–H groups in total. The van der Waals surface area contributed by atoms with Gasteiger partial charge in [0, 0.05) is 6.42 Å². The van der Waals surface area contributed by atoms with Crippen molar-refractivity contribution in [1.82, 2.24) is 4.90 Å². The first-order valence-corrected chi connectivity index (χ1v) is 5.73. The lowest BCUT2D eigenvalue weighted by molar-refractivity contribution is 0.0931. The average Bonchev–Trinajstić information content (AvgIpc) is 2.78. The Labute approximate surface area is 105 Å². The van der Waals surface area contributed by atoms with E-state index >= 15 is 0 Å². The van der Waals surface area contributed by atoms with Crippen LogP contribution in [-0.2, 0) is 16.1 Å². The van der Waals surface area contributed by atoms with Crippen molar-refractivity contribution >= 4 is 12.4 Å². The summed E-state index contributed by atoms with van der Waals surface area (Å²) in [6.45, 7) is 0.269. The Morgan fingerprint density at radius 1 is 1.44 bits per heavy atom. The molecule has 1 saturated heterocycles. The molecule has 1 fully saturated rings. The summed E-state index contributed by atoms with van der Waals surface area (Å²) >= 11 is 0. The maximum atomic E-state index is 11.7. The number of likely N-dealkylation sites (tertiary alicyclic amines) is 1. The Morgan fingerprint density at radius 3 is 2.83 bits per heavy atom. The van der Waals surface area contributed by atoms with Gasteiger partial charge in [-0.05, 0) is 5.56 Å². The molecule has 0 aliphatic carbocycles. The van der Waals surface area contributed by atoms with Crippen LogP contribution in [0.3, 0.4) is 0 Å². The minimum absolute atomic E-state index is 0.119. The van der Waals surface area contributed by atoms with E-state index in [1.165, 1.54) is 4.90 Å². The summed E-state index contributed by atoms with van der Waals surface area (Å²) in [4.78, 5) is 23.6. The Bertz CT molecular complexity index is 420. The molecule has 2 atom stereocenters. The van der Waals surface area contributed by atoms with E-state index in [4.69, 9.17) is 4.74 Å². The molecule has 5 heteroatoms. The van der Waals surface area contributed by atoms with Gasteiger partial charge in [0.25, 0.3) is 0 Å². The number of β-amino-alcohol motifs (C(OH)–C–C–N with tert-alkyl or cyclic N) is 1. The van der Waals surface area contributed by atoms with Crippen molar-refractivity contribution < 1.29 is 19.4 Å². The monoisotopic (exact) mass is 248 g/mol. The van der Waals surface area contributed by atoms with Crippen molar-refractivity contribution in [3.63, 3.8) is 0 Å². The Balaban J connectivity index is 1.90. The molecule has 0 saturated carbocycles. The number of aliphatic hydroxyl groups excluding tert-OH is 1. The van der Waals surface area contributed by atoms with Gasteiger partial charge in [0.15, 0.2) is 0 Å². The molecule has 1 aliphatic heterocycles. The maximum Gasteiger partial charge on any atom is 0.410 e. The van der Waals surface area contributed by atoms with E-state index in [2.05, 4.69) is 0 Å². The van der Waals surface area contributed by atoms with Crippen LogP contribution in [0.1, 0.15) is 12.0 Å². The third-order valence-electron chi connectivity index (χ3n) is 2.85. The lowest BCUT2D eigenvalue weighted by Crippen LogP contribution is -2.37. The first-order chi connectivity index (χ1) is 8.70. The highest BCUT2D eigenvalue weighted by Gasteiger charge is 2.35. The van der Waals surface area contributed by atoms with E-state index in [1.807, 2.05) is 30.3 Å². The van der Waals surface area contributed by atoms with Crippen LogP contribution in [0.15, 0.2) is 30.3 Å². The number of nitrogens with zero attached hydrogens (tertiary/aromatic N) is 1. The molecule has 0 bridgehead atoms. The molecule has 1 aliphatic rings. The number of benzene rings is 1. The highest BCUT2D eigenvalue weighted by molar-refractivity contribution is 5.74. The van der Waals surface area contributed by atoms with Crippen molar-refractivity contribution in [1.29, 1.82) is 0 Å². The fourth-order valence-corrected chi connectivity index (χ4v) is 1.93. The summed E-state index contributed by atoms with van der Waals surface area (Å²) in [7, 11) is 0. The number of carbonyl (C=O) groups excluding carboxylic acids is 2. The maximum absolute atomic E-state index is 11.7.